The summed E-state index contributed by atoms with van der Waals surface area (Å²) in [6.45, 7) is 1.98. The zero-order valence-electron chi connectivity index (χ0n) is 9.89. The molecule has 1 aromatic rings. The van der Waals surface area contributed by atoms with Gasteiger partial charge in [0.2, 0.25) is 0 Å². The number of nitrogens with zero attached hydrogens (tertiary/aromatic N) is 1. The lowest BCUT2D eigenvalue weighted by molar-refractivity contribution is -0.137. The summed E-state index contributed by atoms with van der Waals surface area (Å²) < 4.78 is 13.5. The lowest BCUT2D eigenvalue weighted by atomic mass is 10.1. The van der Waals surface area contributed by atoms with E-state index in [4.69, 9.17) is 10.2 Å². The number of carbonyl (C=O) groups excluding carboxylic acids is 1. The molecular weight excluding hydrogens is 241 g/mol. The van der Waals surface area contributed by atoms with Gasteiger partial charge in [0.1, 0.15) is 11.6 Å². The SMILES string of the molecule is CCN(CCC(=O)O)C(=O)c1ccc(O)cc1F. The van der Waals surface area contributed by atoms with Gasteiger partial charge in [-0.25, -0.2) is 4.39 Å². The summed E-state index contributed by atoms with van der Waals surface area (Å²) >= 11 is 0. The molecule has 1 amide bonds. The van der Waals surface area contributed by atoms with Gasteiger partial charge in [0.05, 0.1) is 12.0 Å². The number of phenolic OH excluding ortho intramolecular Hbond substituents is 1. The van der Waals surface area contributed by atoms with Crippen molar-refractivity contribution in [2.75, 3.05) is 13.1 Å². The fraction of sp³-hybridized carbons (Fsp3) is 0.333. The molecule has 0 aliphatic carbocycles. The van der Waals surface area contributed by atoms with Crippen molar-refractivity contribution >= 4 is 11.9 Å². The standard InChI is InChI=1S/C12H14FNO4/c1-2-14(6-5-11(16)17)12(18)9-4-3-8(15)7-10(9)13/h3-4,7,15H,2,5-6H2,1H3,(H,16,17). The van der Waals surface area contributed by atoms with Crippen LogP contribution < -0.4 is 0 Å². The van der Waals surface area contributed by atoms with Crippen LogP contribution in [0.3, 0.4) is 0 Å². The maximum absolute atomic E-state index is 13.5. The number of amides is 1. The number of aliphatic carboxylic acids is 1. The number of hydrogen-bond acceptors (Lipinski definition) is 3. The predicted octanol–water partition coefficient (Wildman–Crippen LogP) is 1.47. The Morgan fingerprint density at radius 2 is 2.06 bits per heavy atom. The van der Waals surface area contributed by atoms with E-state index in [0.29, 0.717) is 0 Å². The molecule has 1 aromatic carbocycles. The molecule has 0 spiro atoms. The molecule has 18 heavy (non-hydrogen) atoms. The number of benzene rings is 1. The van der Waals surface area contributed by atoms with Gasteiger partial charge in [-0.15, -0.1) is 0 Å². The topological polar surface area (TPSA) is 77.8 Å². The summed E-state index contributed by atoms with van der Waals surface area (Å²) in [7, 11) is 0. The molecule has 0 saturated heterocycles. The zero-order chi connectivity index (χ0) is 13.7. The molecule has 2 N–H and O–H groups in total. The molecule has 0 radical (unpaired) electrons. The van der Waals surface area contributed by atoms with Crippen molar-refractivity contribution in [1.82, 2.24) is 4.90 Å². The van der Waals surface area contributed by atoms with Crippen molar-refractivity contribution in [3.8, 4) is 5.75 Å². The fourth-order valence-electron chi connectivity index (χ4n) is 1.48. The van der Waals surface area contributed by atoms with Crippen molar-refractivity contribution in [2.24, 2.45) is 0 Å². The van der Waals surface area contributed by atoms with Crippen molar-refractivity contribution in [1.29, 1.82) is 0 Å². The predicted molar refractivity (Wildman–Crippen MR) is 61.9 cm³/mol. The summed E-state index contributed by atoms with van der Waals surface area (Å²) in [5.41, 5.74) is -0.181. The molecule has 98 valence electrons. The van der Waals surface area contributed by atoms with Gasteiger partial charge >= 0.3 is 5.97 Å². The first-order valence-electron chi connectivity index (χ1n) is 5.45. The number of carboxylic acid groups (broad SMARTS) is 1. The lowest BCUT2D eigenvalue weighted by Gasteiger charge is -2.20. The van der Waals surface area contributed by atoms with Gasteiger partial charge in [0.25, 0.3) is 5.91 Å². The summed E-state index contributed by atoms with van der Waals surface area (Å²) in [4.78, 5) is 23.6. The van der Waals surface area contributed by atoms with E-state index in [-0.39, 0.29) is 30.8 Å². The quantitative estimate of drug-likeness (QED) is 0.835. The molecule has 6 heteroatoms. The Morgan fingerprint density at radius 3 is 2.56 bits per heavy atom. The third-order valence-electron chi connectivity index (χ3n) is 2.45. The Labute approximate surface area is 103 Å². The molecule has 0 atom stereocenters. The molecule has 1 rings (SSSR count). The number of hydrogen-bond donors (Lipinski definition) is 2. The smallest absolute Gasteiger partial charge is 0.305 e. The van der Waals surface area contributed by atoms with Crippen LogP contribution >= 0.6 is 0 Å². The Hall–Kier alpha value is -2.11. The number of halogens is 1. The minimum Gasteiger partial charge on any atom is -0.508 e. The molecule has 0 aliphatic rings. The highest BCUT2D eigenvalue weighted by Gasteiger charge is 2.18. The summed E-state index contributed by atoms with van der Waals surface area (Å²) in [6.07, 6.45) is -0.195. The van der Waals surface area contributed by atoms with Gasteiger partial charge in [-0.1, -0.05) is 0 Å². The molecule has 5 nitrogen and oxygen atoms in total. The Bertz CT molecular complexity index is 461. The molecule has 0 saturated carbocycles. The van der Waals surface area contributed by atoms with Gasteiger partial charge in [0, 0.05) is 19.2 Å². The molecule has 0 unspecified atom stereocenters. The molecular formula is C12H14FNO4. The third kappa shape index (κ3) is 3.44. The maximum atomic E-state index is 13.5. The molecule has 0 heterocycles. The van der Waals surface area contributed by atoms with Crippen molar-refractivity contribution in [2.45, 2.75) is 13.3 Å². The van der Waals surface area contributed by atoms with E-state index < -0.39 is 17.7 Å². The molecule has 0 fully saturated rings. The van der Waals surface area contributed by atoms with Crippen LogP contribution in [0.4, 0.5) is 4.39 Å². The fourth-order valence-corrected chi connectivity index (χ4v) is 1.48. The first kappa shape index (κ1) is 14.0. The third-order valence-corrected chi connectivity index (χ3v) is 2.45. The van der Waals surface area contributed by atoms with Crippen LogP contribution in [-0.2, 0) is 4.79 Å². The number of carboxylic acids is 1. The monoisotopic (exact) mass is 255 g/mol. The van der Waals surface area contributed by atoms with Crippen molar-refractivity contribution in [3.63, 3.8) is 0 Å². The van der Waals surface area contributed by atoms with Gasteiger partial charge in [0.15, 0.2) is 0 Å². The van der Waals surface area contributed by atoms with E-state index >= 15 is 0 Å². The van der Waals surface area contributed by atoms with Crippen LogP contribution in [0.1, 0.15) is 23.7 Å². The normalized spacial score (nSPS) is 10.1. The van der Waals surface area contributed by atoms with E-state index in [1.807, 2.05) is 0 Å². The second-order valence-electron chi connectivity index (χ2n) is 3.69. The summed E-state index contributed by atoms with van der Waals surface area (Å²) in [5.74, 6) is -2.70. The number of rotatable bonds is 5. The van der Waals surface area contributed by atoms with Gasteiger partial charge in [-0.3, -0.25) is 9.59 Å². The minimum absolute atomic E-state index is 0.0188. The Balaban J connectivity index is 2.86. The van der Waals surface area contributed by atoms with Crippen LogP contribution in [-0.4, -0.2) is 40.1 Å². The van der Waals surface area contributed by atoms with E-state index in [9.17, 15) is 14.0 Å². The van der Waals surface area contributed by atoms with Crippen molar-refractivity contribution in [3.05, 3.63) is 29.6 Å². The largest absolute Gasteiger partial charge is 0.508 e. The first-order valence-corrected chi connectivity index (χ1v) is 5.45. The summed E-state index contributed by atoms with van der Waals surface area (Å²) in [6, 6.07) is 3.23. The molecule has 0 aliphatic heterocycles. The average molecular weight is 255 g/mol. The Kier molecular flexibility index (Phi) is 4.65. The van der Waals surface area contributed by atoms with Crippen molar-refractivity contribution < 1.29 is 24.2 Å². The molecule has 0 bridgehead atoms. The maximum Gasteiger partial charge on any atom is 0.305 e. The number of carbonyl (C=O) groups is 2. The average Bonchev–Trinajstić information content (AvgIpc) is 2.29. The second kappa shape index (κ2) is 6.00. The highest BCUT2D eigenvalue weighted by Crippen LogP contribution is 2.16. The van der Waals surface area contributed by atoms with Crippen LogP contribution in [0.2, 0.25) is 0 Å². The van der Waals surface area contributed by atoms with E-state index in [2.05, 4.69) is 0 Å². The Morgan fingerprint density at radius 1 is 1.39 bits per heavy atom. The lowest BCUT2D eigenvalue weighted by Crippen LogP contribution is -2.33. The highest BCUT2D eigenvalue weighted by molar-refractivity contribution is 5.94. The first-order chi connectivity index (χ1) is 8.45. The summed E-state index contributed by atoms with van der Waals surface area (Å²) in [5, 5.41) is 17.6. The zero-order valence-corrected chi connectivity index (χ0v) is 9.89. The van der Waals surface area contributed by atoms with Crippen LogP contribution in [0.5, 0.6) is 5.75 Å². The number of phenols is 1. The highest BCUT2D eigenvalue weighted by atomic mass is 19.1. The van der Waals surface area contributed by atoms with E-state index in [1.54, 1.807) is 6.92 Å². The minimum atomic E-state index is -1.02. The van der Waals surface area contributed by atoms with E-state index in [1.165, 1.54) is 17.0 Å². The van der Waals surface area contributed by atoms with Gasteiger partial charge in [-0.05, 0) is 19.1 Å². The van der Waals surface area contributed by atoms with E-state index in [0.717, 1.165) is 6.07 Å². The second-order valence-corrected chi connectivity index (χ2v) is 3.69. The van der Waals surface area contributed by atoms with Crippen LogP contribution in [0.25, 0.3) is 0 Å². The van der Waals surface area contributed by atoms with Gasteiger partial charge < -0.3 is 15.1 Å². The molecule has 0 aromatic heterocycles. The van der Waals surface area contributed by atoms with Crippen LogP contribution in [0.15, 0.2) is 18.2 Å². The van der Waals surface area contributed by atoms with Gasteiger partial charge in [-0.2, -0.15) is 0 Å². The van der Waals surface area contributed by atoms with Crippen LogP contribution in [0, 0.1) is 5.82 Å². The number of aromatic hydroxyl groups is 1.